The fourth-order valence-corrected chi connectivity index (χ4v) is 3.22. The number of fused-ring (bicyclic) bond motifs is 1. The minimum Gasteiger partial charge on any atom is -0.281 e. The van der Waals surface area contributed by atoms with Crippen molar-refractivity contribution in [1.82, 2.24) is 14.5 Å². The van der Waals surface area contributed by atoms with E-state index in [0.29, 0.717) is 38.2 Å². The maximum Gasteiger partial charge on any atom is 0.266 e. The summed E-state index contributed by atoms with van der Waals surface area (Å²) in [6, 6.07) is 1.77. The Morgan fingerprint density at radius 2 is 2.19 bits per heavy atom. The molecule has 0 saturated carbocycles. The van der Waals surface area contributed by atoms with E-state index in [1.54, 1.807) is 18.5 Å². The van der Waals surface area contributed by atoms with E-state index in [0.717, 1.165) is 6.42 Å². The second kappa shape index (κ2) is 5.83. The van der Waals surface area contributed by atoms with Crippen molar-refractivity contribution in [2.24, 2.45) is 0 Å². The fraction of sp³-hybridized carbons (Fsp3) is 0.214. The zero-order chi connectivity index (χ0) is 15.0. The van der Waals surface area contributed by atoms with Crippen molar-refractivity contribution in [2.45, 2.75) is 18.0 Å². The van der Waals surface area contributed by atoms with Crippen molar-refractivity contribution in [3.05, 3.63) is 45.0 Å². The van der Waals surface area contributed by atoms with Crippen LogP contribution in [0.5, 0.6) is 0 Å². The van der Waals surface area contributed by atoms with Gasteiger partial charge in [0.05, 0.1) is 21.6 Å². The largest absolute Gasteiger partial charge is 0.281 e. The van der Waals surface area contributed by atoms with Gasteiger partial charge in [-0.25, -0.2) is 9.97 Å². The highest BCUT2D eigenvalue weighted by atomic mass is 35.5. The summed E-state index contributed by atoms with van der Waals surface area (Å²) in [5.74, 6) is 0. The number of allylic oxidation sites excluding steroid dienone is 4. The molecule has 7 heteroatoms. The molecule has 2 heterocycles. The van der Waals surface area contributed by atoms with E-state index < -0.39 is 0 Å². The highest BCUT2D eigenvalue weighted by molar-refractivity contribution is 7.98. The highest BCUT2D eigenvalue weighted by Gasteiger charge is 2.17. The first-order chi connectivity index (χ1) is 10.1. The third-order valence-corrected chi connectivity index (χ3v) is 4.48. The number of hydrogen-bond donors (Lipinski definition) is 0. The van der Waals surface area contributed by atoms with E-state index in [2.05, 4.69) is 9.97 Å². The van der Waals surface area contributed by atoms with Crippen LogP contribution < -0.4 is 5.56 Å². The topological polar surface area (TPSA) is 47.8 Å². The molecule has 0 spiro atoms. The van der Waals surface area contributed by atoms with Crippen LogP contribution in [-0.2, 0) is 0 Å². The highest BCUT2D eigenvalue weighted by Crippen LogP contribution is 2.33. The molecule has 0 bridgehead atoms. The molecule has 1 aliphatic carbocycles. The molecular weight excluding hydrogens is 329 g/mol. The van der Waals surface area contributed by atoms with Crippen molar-refractivity contribution in [2.75, 3.05) is 6.26 Å². The van der Waals surface area contributed by atoms with Crippen molar-refractivity contribution < 1.29 is 0 Å². The first-order valence-corrected chi connectivity index (χ1v) is 8.27. The molecule has 108 valence electrons. The first-order valence-electron chi connectivity index (χ1n) is 6.29. The lowest BCUT2D eigenvalue weighted by molar-refractivity contribution is 0.947. The molecule has 4 nitrogen and oxygen atoms in total. The Bertz CT molecular complexity index is 842. The van der Waals surface area contributed by atoms with E-state index >= 15 is 0 Å². The van der Waals surface area contributed by atoms with Gasteiger partial charge in [-0.2, -0.15) is 0 Å². The van der Waals surface area contributed by atoms with Crippen LogP contribution in [0.25, 0.3) is 16.6 Å². The fourth-order valence-electron chi connectivity index (χ4n) is 2.20. The van der Waals surface area contributed by atoms with Gasteiger partial charge in [0.2, 0.25) is 0 Å². The SMILES string of the molecule is CSc1ncc2c(=O)n(C3=C(Cl)CCC=C3Cl)ccc2n1. The second-order valence-electron chi connectivity index (χ2n) is 4.49. The van der Waals surface area contributed by atoms with Gasteiger partial charge in [-0.05, 0) is 25.2 Å². The van der Waals surface area contributed by atoms with Crippen molar-refractivity contribution in [3.63, 3.8) is 0 Å². The van der Waals surface area contributed by atoms with E-state index in [1.165, 1.54) is 16.3 Å². The Labute approximate surface area is 135 Å². The number of nitrogens with zero attached hydrogens (tertiary/aromatic N) is 3. The Balaban J connectivity index is 2.24. The maximum absolute atomic E-state index is 12.6. The normalized spacial score (nSPS) is 15.5. The second-order valence-corrected chi connectivity index (χ2v) is 6.13. The van der Waals surface area contributed by atoms with Crippen LogP contribution >= 0.6 is 35.0 Å². The summed E-state index contributed by atoms with van der Waals surface area (Å²) in [4.78, 5) is 21.1. The molecule has 1 aliphatic rings. The van der Waals surface area contributed by atoms with E-state index in [9.17, 15) is 4.79 Å². The van der Waals surface area contributed by atoms with Crippen LogP contribution in [0.3, 0.4) is 0 Å². The number of rotatable bonds is 2. The van der Waals surface area contributed by atoms with Gasteiger partial charge in [0.25, 0.3) is 5.56 Å². The summed E-state index contributed by atoms with van der Waals surface area (Å²) in [6.07, 6.45) is 8.42. The first kappa shape index (κ1) is 14.6. The molecule has 0 saturated heterocycles. The Hall–Kier alpha value is -1.30. The Morgan fingerprint density at radius 1 is 1.38 bits per heavy atom. The Morgan fingerprint density at radius 3 is 2.90 bits per heavy atom. The monoisotopic (exact) mass is 339 g/mol. The predicted octanol–water partition coefficient (Wildman–Crippen LogP) is 3.84. The molecule has 0 fully saturated rings. The third kappa shape index (κ3) is 2.61. The summed E-state index contributed by atoms with van der Waals surface area (Å²) in [6.45, 7) is 0. The standard InChI is InChI=1S/C14H11Cl2N3OS/c1-21-14-17-7-8-11(18-14)5-6-19(13(8)20)12-9(15)3-2-4-10(12)16/h3,5-7H,2,4H2,1H3. The van der Waals surface area contributed by atoms with Crippen LogP contribution in [-0.4, -0.2) is 20.8 Å². The van der Waals surface area contributed by atoms with Gasteiger partial charge in [-0.15, -0.1) is 0 Å². The van der Waals surface area contributed by atoms with Crippen molar-refractivity contribution in [1.29, 1.82) is 0 Å². The van der Waals surface area contributed by atoms with Gasteiger partial charge < -0.3 is 0 Å². The summed E-state index contributed by atoms with van der Waals surface area (Å²) in [5, 5.41) is 2.16. The molecule has 0 N–H and O–H groups in total. The molecule has 21 heavy (non-hydrogen) atoms. The Kier molecular flexibility index (Phi) is 4.06. The average molecular weight is 340 g/mol. The minimum absolute atomic E-state index is 0.221. The lowest BCUT2D eigenvalue weighted by Crippen LogP contribution is -2.21. The quantitative estimate of drug-likeness (QED) is 0.616. The summed E-state index contributed by atoms with van der Waals surface area (Å²) < 4.78 is 1.46. The smallest absolute Gasteiger partial charge is 0.266 e. The minimum atomic E-state index is -0.221. The molecule has 0 amide bonds. The van der Waals surface area contributed by atoms with Gasteiger partial charge in [0.15, 0.2) is 5.16 Å². The average Bonchev–Trinajstić information content (AvgIpc) is 2.49. The lowest BCUT2D eigenvalue weighted by atomic mass is 10.1. The predicted molar refractivity (Wildman–Crippen MR) is 87.8 cm³/mol. The molecule has 0 atom stereocenters. The van der Waals surface area contributed by atoms with Crippen molar-refractivity contribution >= 4 is 51.6 Å². The number of pyridine rings is 1. The zero-order valence-electron chi connectivity index (χ0n) is 11.1. The van der Waals surface area contributed by atoms with E-state index in [-0.39, 0.29) is 5.56 Å². The number of thioether (sulfide) groups is 1. The maximum atomic E-state index is 12.6. The zero-order valence-corrected chi connectivity index (χ0v) is 13.5. The molecule has 0 unspecified atom stereocenters. The summed E-state index contributed by atoms with van der Waals surface area (Å²) >= 11 is 13.9. The van der Waals surface area contributed by atoms with Crippen LogP contribution in [0, 0.1) is 0 Å². The molecule has 2 aromatic rings. The van der Waals surface area contributed by atoms with E-state index in [1.807, 2.05) is 12.3 Å². The molecular formula is C14H11Cl2N3OS. The van der Waals surface area contributed by atoms with Crippen molar-refractivity contribution in [3.8, 4) is 0 Å². The van der Waals surface area contributed by atoms with Gasteiger partial charge in [0.1, 0.15) is 0 Å². The van der Waals surface area contributed by atoms with Crippen LogP contribution in [0.4, 0.5) is 0 Å². The molecule has 0 aliphatic heterocycles. The van der Waals surface area contributed by atoms with Crippen LogP contribution in [0.1, 0.15) is 12.8 Å². The van der Waals surface area contributed by atoms with Crippen LogP contribution in [0.2, 0.25) is 0 Å². The third-order valence-electron chi connectivity index (χ3n) is 3.22. The lowest BCUT2D eigenvalue weighted by Gasteiger charge is -2.16. The number of halogens is 2. The van der Waals surface area contributed by atoms with Gasteiger partial charge in [-0.1, -0.05) is 41.0 Å². The summed E-state index contributed by atoms with van der Waals surface area (Å²) in [5.41, 5.74) is 0.940. The molecule has 0 radical (unpaired) electrons. The van der Waals surface area contributed by atoms with E-state index in [4.69, 9.17) is 23.2 Å². The van der Waals surface area contributed by atoms with Crippen LogP contribution in [0.15, 0.2) is 44.6 Å². The molecule has 3 rings (SSSR count). The number of aromatic nitrogens is 3. The molecule has 0 aromatic carbocycles. The molecule has 2 aromatic heterocycles. The van der Waals surface area contributed by atoms with Gasteiger partial charge in [-0.3, -0.25) is 9.36 Å². The van der Waals surface area contributed by atoms with Gasteiger partial charge >= 0.3 is 0 Å². The van der Waals surface area contributed by atoms with Gasteiger partial charge in [0, 0.05) is 17.4 Å². The number of hydrogen-bond acceptors (Lipinski definition) is 4. The summed E-state index contributed by atoms with van der Waals surface area (Å²) in [7, 11) is 0.